The Morgan fingerprint density at radius 1 is 0.970 bits per heavy atom. The Morgan fingerprint density at radius 2 is 1.67 bits per heavy atom. The van der Waals surface area contributed by atoms with Gasteiger partial charge in [-0.1, -0.05) is 18.2 Å². The van der Waals surface area contributed by atoms with Gasteiger partial charge in [0.2, 0.25) is 11.8 Å². The fourth-order valence-electron chi connectivity index (χ4n) is 4.19. The summed E-state index contributed by atoms with van der Waals surface area (Å²) < 4.78 is 24.1. The maximum atomic E-state index is 13.7. The summed E-state index contributed by atoms with van der Waals surface area (Å²) in [6.45, 7) is 0. The molecule has 2 amide bonds. The summed E-state index contributed by atoms with van der Waals surface area (Å²) in [6.07, 6.45) is 0.600. The van der Waals surface area contributed by atoms with Gasteiger partial charge in [-0.2, -0.15) is 0 Å². The maximum Gasteiger partial charge on any atom is 0.229 e. The molecule has 170 valence electrons. The summed E-state index contributed by atoms with van der Waals surface area (Å²) in [7, 11) is 3.13. The highest BCUT2D eigenvalue weighted by molar-refractivity contribution is 6.00. The molecule has 0 bridgehead atoms. The number of benzene rings is 3. The van der Waals surface area contributed by atoms with Crippen molar-refractivity contribution in [1.29, 1.82) is 0 Å². The van der Waals surface area contributed by atoms with Crippen LogP contribution in [0.3, 0.4) is 0 Å². The summed E-state index contributed by atoms with van der Waals surface area (Å²) >= 11 is 0. The number of anilines is 2. The van der Waals surface area contributed by atoms with E-state index in [1.807, 2.05) is 0 Å². The van der Waals surface area contributed by atoms with Crippen molar-refractivity contribution in [2.24, 2.45) is 5.92 Å². The van der Waals surface area contributed by atoms with Crippen molar-refractivity contribution < 1.29 is 23.5 Å². The zero-order valence-electron chi connectivity index (χ0n) is 18.5. The molecule has 1 fully saturated rings. The molecule has 2 unspecified atom stereocenters. The van der Waals surface area contributed by atoms with Crippen LogP contribution < -0.4 is 19.7 Å². The highest BCUT2D eigenvalue weighted by Crippen LogP contribution is 2.41. The van der Waals surface area contributed by atoms with Crippen LogP contribution in [0.2, 0.25) is 0 Å². The van der Waals surface area contributed by atoms with Gasteiger partial charge in [-0.05, 0) is 60.5 Å². The van der Waals surface area contributed by atoms with Crippen LogP contribution in [0.25, 0.3) is 0 Å². The number of piperidine rings is 1. The number of hydrogen-bond acceptors (Lipinski definition) is 4. The summed E-state index contributed by atoms with van der Waals surface area (Å²) in [4.78, 5) is 28.1. The van der Waals surface area contributed by atoms with Gasteiger partial charge in [0.15, 0.2) is 0 Å². The van der Waals surface area contributed by atoms with Crippen molar-refractivity contribution in [3.8, 4) is 11.5 Å². The Hall–Kier alpha value is -3.87. The molecule has 1 aliphatic heterocycles. The van der Waals surface area contributed by atoms with Crippen LogP contribution in [-0.4, -0.2) is 26.0 Å². The zero-order chi connectivity index (χ0) is 23.4. The van der Waals surface area contributed by atoms with E-state index in [2.05, 4.69) is 5.32 Å². The monoisotopic (exact) mass is 448 g/mol. The van der Waals surface area contributed by atoms with Crippen LogP contribution in [0, 0.1) is 11.7 Å². The molecule has 0 aromatic heterocycles. The molecule has 3 aromatic carbocycles. The zero-order valence-corrected chi connectivity index (χ0v) is 18.5. The summed E-state index contributed by atoms with van der Waals surface area (Å²) in [5.74, 6) is 0.0506. The molecule has 0 saturated carbocycles. The number of methoxy groups -OCH3 is 2. The minimum Gasteiger partial charge on any atom is -0.497 e. The molecule has 4 rings (SSSR count). The van der Waals surface area contributed by atoms with E-state index in [4.69, 9.17) is 9.47 Å². The summed E-state index contributed by atoms with van der Waals surface area (Å²) in [5.41, 5.74) is 1.94. The topological polar surface area (TPSA) is 67.9 Å². The molecule has 3 aromatic rings. The van der Waals surface area contributed by atoms with E-state index in [1.165, 1.54) is 12.1 Å². The van der Waals surface area contributed by atoms with Crippen molar-refractivity contribution in [3.05, 3.63) is 84.2 Å². The number of hydrogen-bond donors (Lipinski definition) is 1. The van der Waals surface area contributed by atoms with E-state index in [9.17, 15) is 14.0 Å². The highest BCUT2D eigenvalue weighted by Gasteiger charge is 2.41. The SMILES string of the molecule is COc1ccc(N2C(=O)CCC(C(=O)Nc3cccc(OC)c3)C2c2ccc(F)cc2)cc1. The van der Waals surface area contributed by atoms with Crippen molar-refractivity contribution in [2.45, 2.75) is 18.9 Å². The molecule has 0 aliphatic carbocycles. The van der Waals surface area contributed by atoms with E-state index < -0.39 is 12.0 Å². The fourth-order valence-corrected chi connectivity index (χ4v) is 4.19. The van der Waals surface area contributed by atoms with E-state index in [0.717, 1.165) is 0 Å². The third kappa shape index (κ3) is 4.82. The number of ether oxygens (including phenoxy) is 2. The molecule has 2 atom stereocenters. The smallest absolute Gasteiger partial charge is 0.229 e. The van der Waals surface area contributed by atoms with Gasteiger partial charge in [0, 0.05) is 23.9 Å². The van der Waals surface area contributed by atoms with Crippen molar-refractivity contribution in [2.75, 3.05) is 24.4 Å². The quantitative estimate of drug-likeness (QED) is 0.578. The Morgan fingerprint density at radius 3 is 2.33 bits per heavy atom. The number of rotatable bonds is 6. The lowest BCUT2D eigenvalue weighted by atomic mass is 9.83. The van der Waals surface area contributed by atoms with Crippen LogP contribution in [-0.2, 0) is 9.59 Å². The van der Waals surface area contributed by atoms with Gasteiger partial charge in [0.1, 0.15) is 17.3 Å². The lowest BCUT2D eigenvalue weighted by molar-refractivity contribution is -0.125. The fraction of sp³-hybridized carbons (Fsp3) is 0.231. The standard InChI is InChI=1S/C26H25FN2O4/c1-32-21-12-10-20(11-13-21)29-24(30)15-14-23(25(29)17-6-8-18(27)9-7-17)26(31)28-19-4-3-5-22(16-19)33-2/h3-13,16,23,25H,14-15H2,1-2H3,(H,28,31). The minimum atomic E-state index is -0.592. The number of carbonyl (C=O) groups excluding carboxylic acids is 2. The van der Waals surface area contributed by atoms with E-state index in [1.54, 1.807) is 79.8 Å². The Labute approximate surface area is 191 Å². The van der Waals surface area contributed by atoms with Crippen molar-refractivity contribution in [3.63, 3.8) is 0 Å². The van der Waals surface area contributed by atoms with Gasteiger partial charge < -0.3 is 19.7 Å². The van der Waals surface area contributed by atoms with Crippen LogP contribution in [0.15, 0.2) is 72.8 Å². The first-order valence-corrected chi connectivity index (χ1v) is 10.7. The third-order valence-corrected chi connectivity index (χ3v) is 5.83. The molecular weight excluding hydrogens is 423 g/mol. The molecule has 33 heavy (non-hydrogen) atoms. The van der Waals surface area contributed by atoms with Gasteiger partial charge in [-0.25, -0.2) is 4.39 Å². The minimum absolute atomic E-state index is 0.0973. The first kappa shape index (κ1) is 22.3. The Bertz CT molecular complexity index is 1130. The number of carbonyl (C=O) groups is 2. The second kappa shape index (κ2) is 9.73. The van der Waals surface area contributed by atoms with E-state index >= 15 is 0 Å². The highest BCUT2D eigenvalue weighted by atomic mass is 19.1. The Balaban J connectivity index is 1.71. The second-order valence-electron chi connectivity index (χ2n) is 7.82. The number of nitrogens with one attached hydrogen (secondary N) is 1. The van der Waals surface area contributed by atoms with Crippen molar-refractivity contribution >= 4 is 23.2 Å². The van der Waals surface area contributed by atoms with E-state index in [0.29, 0.717) is 34.9 Å². The molecule has 1 heterocycles. The molecule has 7 heteroatoms. The Kier molecular flexibility index (Phi) is 6.58. The van der Waals surface area contributed by atoms with Gasteiger partial charge in [-0.15, -0.1) is 0 Å². The van der Waals surface area contributed by atoms with Crippen molar-refractivity contribution in [1.82, 2.24) is 0 Å². The third-order valence-electron chi connectivity index (χ3n) is 5.83. The van der Waals surface area contributed by atoms with Crippen LogP contribution >= 0.6 is 0 Å². The number of amides is 2. The average molecular weight is 448 g/mol. The predicted octanol–water partition coefficient (Wildman–Crippen LogP) is 4.97. The summed E-state index contributed by atoms with van der Waals surface area (Å²) in [6, 6.07) is 19.6. The molecule has 1 N–H and O–H groups in total. The van der Waals surface area contributed by atoms with Crippen LogP contribution in [0.4, 0.5) is 15.8 Å². The molecule has 1 aliphatic rings. The largest absolute Gasteiger partial charge is 0.497 e. The van der Waals surface area contributed by atoms with E-state index in [-0.39, 0.29) is 24.1 Å². The molecule has 6 nitrogen and oxygen atoms in total. The lowest BCUT2D eigenvalue weighted by Crippen LogP contribution is -2.47. The normalized spacial score (nSPS) is 18.0. The van der Waals surface area contributed by atoms with Gasteiger partial charge in [0.25, 0.3) is 0 Å². The lowest BCUT2D eigenvalue weighted by Gasteiger charge is -2.41. The van der Waals surface area contributed by atoms with Crippen LogP contribution in [0.5, 0.6) is 11.5 Å². The maximum absolute atomic E-state index is 13.7. The number of halogens is 1. The molecule has 0 spiro atoms. The first-order valence-electron chi connectivity index (χ1n) is 10.7. The molecule has 1 saturated heterocycles. The van der Waals surface area contributed by atoms with Crippen LogP contribution in [0.1, 0.15) is 24.4 Å². The second-order valence-corrected chi connectivity index (χ2v) is 7.82. The molecule has 0 radical (unpaired) electrons. The molecular formula is C26H25FN2O4. The first-order chi connectivity index (χ1) is 16.0. The average Bonchev–Trinajstić information content (AvgIpc) is 2.84. The van der Waals surface area contributed by atoms with Gasteiger partial charge in [-0.3, -0.25) is 9.59 Å². The van der Waals surface area contributed by atoms with Gasteiger partial charge in [0.05, 0.1) is 26.2 Å². The van der Waals surface area contributed by atoms with Gasteiger partial charge >= 0.3 is 0 Å². The summed E-state index contributed by atoms with van der Waals surface area (Å²) in [5, 5.41) is 2.95. The predicted molar refractivity (Wildman–Crippen MR) is 124 cm³/mol. The number of nitrogens with zero attached hydrogens (tertiary/aromatic N) is 1.